The zero-order valence-corrected chi connectivity index (χ0v) is 15.8. The summed E-state index contributed by atoms with van der Waals surface area (Å²) in [6.45, 7) is 0. The van der Waals surface area contributed by atoms with Gasteiger partial charge in [-0.05, 0) is 49.2 Å². The highest BCUT2D eigenvalue weighted by molar-refractivity contribution is 9.10. The maximum absolute atomic E-state index is 14.1. The molecule has 1 aliphatic rings. The van der Waals surface area contributed by atoms with Crippen LogP contribution in [0.2, 0.25) is 0 Å². The maximum Gasteiger partial charge on any atom is 0.234 e. The normalized spacial score (nSPS) is 14.4. The average Bonchev–Trinajstić information content (AvgIpc) is 3.32. The highest BCUT2D eigenvalue weighted by Gasteiger charge is 2.32. The van der Waals surface area contributed by atoms with E-state index in [9.17, 15) is 12.8 Å². The smallest absolute Gasteiger partial charge is 0.234 e. The van der Waals surface area contributed by atoms with Crippen LogP contribution in [0.3, 0.4) is 0 Å². The number of rotatable bonds is 5. The topological polar surface area (TPSA) is 72.2 Å². The van der Waals surface area contributed by atoms with Crippen molar-refractivity contribution in [2.75, 3.05) is 5.32 Å². The van der Waals surface area contributed by atoms with Crippen LogP contribution in [0.25, 0.3) is 11.5 Å². The highest BCUT2D eigenvalue weighted by atomic mass is 79.9. The number of hydrogen-bond donors (Lipinski definition) is 1. The zero-order chi connectivity index (χ0) is 18.3. The van der Waals surface area contributed by atoms with Crippen LogP contribution in [0.15, 0.2) is 67.3 Å². The fourth-order valence-corrected chi connectivity index (χ4v) is 4.00. The van der Waals surface area contributed by atoms with Crippen LogP contribution in [0.4, 0.5) is 10.3 Å². The van der Waals surface area contributed by atoms with E-state index in [2.05, 4.69) is 26.2 Å². The van der Waals surface area contributed by atoms with Gasteiger partial charge in [-0.3, -0.25) is 0 Å². The summed E-state index contributed by atoms with van der Waals surface area (Å²) in [6.07, 6.45) is 1.85. The predicted octanol–water partition coefficient (Wildman–Crippen LogP) is 4.65. The van der Waals surface area contributed by atoms with Crippen molar-refractivity contribution in [1.82, 2.24) is 4.98 Å². The fraction of sp³-hybridized carbons (Fsp3) is 0.167. The molecule has 1 heterocycles. The molecule has 0 amide bonds. The molecule has 0 bridgehead atoms. The molecular weight excluding hydrogens is 423 g/mol. The van der Waals surface area contributed by atoms with Crippen LogP contribution in [-0.2, 0) is 9.84 Å². The Balaban J connectivity index is 1.83. The highest BCUT2D eigenvalue weighted by Crippen LogP contribution is 2.36. The summed E-state index contributed by atoms with van der Waals surface area (Å²) in [5, 5.41) is 2.81. The van der Waals surface area contributed by atoms with E-state index in [1.807, 2.05) is 0 Å². The fourth-order valence-electron chi connectivity index (χ4n) is 2.47. The molecule has 0 atom stereocenters. The lowest BCUT2D eigenvalue weighted by molar-refractivity contribution is 0.567. The van der Waals surface area contributed by atoms with Crippen molar-refractivity contribution in [3.8, 4) is 11.5 Å². The summed E-state index contributed by atoms with van der Waals surface area (Å²) in [4.78, 5) is 4.21. The van der Waals surface area contributed by atoms with Gasteiger partial charge in [0, 0.05) is 10.5 Å². The molecule has 2 aromatic carbocycles. The molecule has 0 unspecified atom stereocenters. The van der Waals surface area contributed by atoms with Gasteiger partial charge in [0.15, 0.2) is 0 Å². The Bertz CT molecular complexity index is 1060. The molecule has 26 heavy (non-hydrogen) atoms. The van der Waals surface area contributed by atoms with Gasteiger partial charge in [0.2, 0.25) is 26.6 Å². The van der Waals surface area contributed by atoms with Crippen molar-refractivity contribution in [1.29, 1.82) is 0 Å². The molecule has 0 radical (unpaired) electrons. The summed E-state index contributed by atoms with van der Waals surface area (Å²) < 4.78 is 46.5. The van der Waals surface area contributed by atoms with Crippen LogP contribution in [0.5, 0.6) is 0 Å². The molecule has 1 N–H and O–H groups in total. The molecule has 1 aliphatic carbocycles. The van der Waals surface area contributed by atoms with E-state index in [1.54, 1.807) is 24.3 Å². The Morgan fingerprint density at radius 2 is 1.81 bits per heavy atom. The molecule has 4 rings (SSSR count). The Morgan fingerprint density at radius 3 is 2.46 bits per heavy atom. The third-order valence-electron chi connectivity index (χ3n) is 3.99. The van der Waals surface area contributed by atoms with Crippen LogP contribution >= 0.6 is 15.9 Å². The molecule has 8 heteroatoms. The van der Waals surface area contributed by atoms with Gasteiger partial charge >= 0.3 is 0 Å². The van der Waals surface area contributed by atoms with Crippen molar-refractivity contribution >= 4 is 31.7 Å². The number of oxazole rings is 1. The van der Waals surface area contributed by atoms with E-state index < -0.39 is 15.7 Å². The van der Waals surface area contributed by atoms with Gasteiger partial charge in [0.05, 0.1) is 10.5 Å². The van der Waals surface area contributed by atoms with Crippen LogP contribution < -0.4 is 5.32 Å². The molecule has 1 fully saturated rings. The van der Waals surface area contributed by atoms with Gasteiger partial charge in [-0.15, -0.1) is 0 Å². The molecule has 1 saturated carbocycles. The van der Waals surface area contributed by atoms with Crippen molar-refractivity contribution in [2.24, 2.45) is 0 Å². The molecule has 5 nitrogen and oxygen atoms in total. The number of halogens is 2. The van der Waals surface area contributed by atoms with Gasteiger partial charge < -0.3 is 9.73 Å². The monoisotopic (exact) mass is 436 g/mol. The van der Waals surface area contributed by atoms with Gasteiger partial charge in [-0.25, -0.2) is 12.8 Å². The van der Waals surface area contributed by atoms with E-state index in [-0.39, 0.29) is 33.3 Å². The van der Waals surface area contributed by atoms with E-state index in [1.165, 1.54) is 24.3 Å². The number of nitrogens with zero attached hydrogens (tertiary/aromatic N) is 1. The second kappa shape index (κ2) is 6.51. The maximum atomic E-state index is 14.1. The number of benzene rings is 2. The Kier molecular flexibility index (Phi) is 4.32. The lowest BCUT2D eigenvalue weighted by atomic mass is 10.2. The van der Waals surface area contributed by atoms with Gasteiger partial charge in [-0.2, -0.15) is 4.98 Å². The zero-order valence-electron chi connectivity index (χ0n) is 13.4. The average molecular weight is 437 g/mol. The SMILES string of the molecule is O=S(=O)(c1ccc(Br)cc1)c1nc(-c2ccccc2F)oc1NC1CC1. The molecule has 1 aromatic heterocycles. The number of anilines is 1. The first-order valence-corrected chi connectivity index (χ1v) is 10.3. The van der Waals surface area contributed by atoms with E-state index in [0.29, 0.717) is 0 Å². The van der Waals surface area contributed by atoms with Crippen molar-refractivity contribution in [3.63, 3.8) is 0 Å². The Hall–Kier alpha value is -2.19. The minimum Gasteiger partial charge on any atom is -0.419 e. The number of aromatic nitrogens is 1. The van der Waals surface area contributed by atoms with E-state index >= 15 is 0 Å². The predicted molar refractivity (Wildman–Crippen MR) is 98.1 cm³/mol. The van der Waals surface area contributed by atoms with Crippen molar-refractivity contribution in [2.45, 2.75) is 28.8 Å². The third kappa shape index (κ3) is 3.26. The van der Waals surface area contributed by atoms with Crippen molar-refractivity contribution in [3.05, 3.63) is 58.8 Å². The minimum absolute atomic E-state index is 0.0497. The van der Waals surface area contributed by atoms with E-state index in [4.69, 9.17) is 4.42 Å². The van der Waals surface area contributed by atoms with Gasteiger partial charge in [0.1, 0.15) is 5.82 Å². The van der Waals surface area contributed by atoms with Crippen LogP contribution in [0.1, 0.15) is 12.8 Å². The number of sulfone groups is 1. The molecule has 0 saturated heterocycles. The van der Waals surface area contributed by atoms with Gasteiger partial charge in [-0.1, -0.05) is 28.1 Å². The summed E-state index contributed by atoms with van der Waals surface area (Å²) in [5.41, 5.74) is 0.114. The lowest BCUT2D eigenvalue weighted by Gasteiger charge is -2.05. The van der Waals surface area contributed by atoms with E-state index in [0.717, 1.165) is 17.3 Å². The standard InChI is InChI=1S/C18H14BrFN2O3S/c19-11-5-9-13(10-6-11)26(23,24)18-17(21-12-7-8-12)25-16(22-18)14-3-1-2-4-15(14)20/h1-6,9-10,12,21H,7-8H2. The van der Waals surface area contributed by atoms with Crippen molar-refractivity contribution < 1.29 is 17.2 Å². The summed E-state index contributed by atoms with van der Waals surface area (Å²) in [7, 11) is -3.91. The second-order valence-electron chi connectivity index (χ2n) is 6.01. The van der Waals surface area contributed by atoms with Crippen LogP contribution in [-0.4, -0.2) is 19.4 Å². The summed E-state index contributed by atoms with van der Waals surface area (Å²) in [6, 6.07) is 12.3. The number of nitrogens with one attached hydrogen (secondary N) is 1. The molecule has 0 spiro atoms. The largest absolute Gasteiger partial charge is 0.419 e. The van der Waals surface area contributed by atoms with Crippen LogP contribution in [0, 0.1) is 5.82 Å². The Labute approximate surface area is 158 Å². The summed E-state index contributed by atoms with van der Waals surface area (Å²) in [5.74, 6) is -0.546. The lowest BCUT2D eigenvalue weighted by Crippen LogP contribution is -2.08. The third-order valence-corrected chi connectivity index (χ3v) is 6.20. The molecule has 134 valence electrons. The molecular formula is C18H14BrFN2O3S. The first-order chi connectivity index (χ1) is 12.4. The second-order valence-corrected chi connectivity index (χ2v) is 8.79. The van der Waals surface area contributed by atoms with Gasteiger partial charge in [0.25, 0.3) is 0 Å². The first-order valence-electron chi connectivity index (χ1n) is 7.98. The minimum atomic E-state index is -3.91. The molecule has 0 aliphatic heterocycles. The Morgan fingerprint density at radius 1 is 1.12 bits per heavy atom. The summed E-state index contributed by atoms with van der Waals surface area (Å²) >= 11 is 3.28. The quantitative estimate of drug-likeness (QED) is 0.629. The first kappa shape index (κ1) is 17.2. The number of hydrogen-bond acceptors (Lipinski definition) is 5. The molecule has 3 aromatic rings.